The molecule has 0 radical (unpaired) electrons. The molecule has 1 aromatic rings. The van der Waals surface area contributed by atoms with Crippen molar-refractivity contribution in [3.8, 4) is 6.07 Å². The Morgan fingerprint density at radius 3 is 2.61 bits per heavy atom. The van der Waals surface area contributed by atoms with Crippen molar-refractivity contribution < 1.29 is 13.2 Å². The molecule has 0 aliphatic heterocycles. The zero-order valence-corrected chi connectivity index (χ0v) is 12.4. The van der Waals surface area contributed by atoms with E-state index in [-0.39, 0.29) is 5.75 Å². The summed E-state index contributed by atoms with van der Waals surface area (Å²) in [5.41, 5.74) is 1.21. The number of nitriles is 1. The monoisotopic (exact) mass is 288 g/mol. The van der Waals surface area contributed by atoms with Crippen molar-refractivity contribution in [3.05, 3.63) is 16.0 Å². The summed E-state index contributed by atoms with van der Waals surface area (Å²) in [6.45, 7) is 5.34. The smallest absolute Gasteiger partial charge is 0.235 e. The highest BCUT2D eigenvalue weighted by Gasteiger charge is 2.20. The summed E-state index contributed by atoms with van der Waals surface area (Å²) in [4.78, 5) is 0.934. The Kier molecular flexibility index (Phi) is 4.73. The van der Waals surface area contributed by atoms with Crippen LogP contribution in [0.1, 0.15) is 22.9 Å². The van der Waals surface area contributed by atoms with Gasteiger partial charge in [-0.3, -0.25) is 4.72 Å². The average Bonchev–Trinajstić information content (AvgIpc) is 2.52. The minimum atomic E-state index is -3.50. The first-order chi connectivity index (χ1) is 8.30. The molecular formula is C11H16N2O3S2. The van der Waals surface area contributed by atoms with Crippen molar-refractivity contribution in [2.24, 2.45) is 0 Å². The van der Waals surface area contributed by atoms with Gasteiger partial charge in [0.1, 0.15) is 11.1 Å². The summed E-state index contributed by atoms with van der Waals surface area (Å²) in [7, 11) is -2.04. The van der Waals surface area contributed by atoms with Gasteiger partial charge in [-0.05, 0) is 26.3 Å². The summed E-state index contributed by atoms with van der Waals surface area (Å²) >= 11 is 1.27. The van der Waals surface area contributed by atoms with Gasteiger partial charge in [-0.25, -0.2) is 8.42 Å². The van der Waals surface area contributed by atoms with Gasteiger partial charge in [-0.15, -0.1) is 11.3 Å². The molecular weight excluding hydrogens is 272 g/mol. The Hall–Kier alpha value is -1.10. The molecule has 1 unspecified atom stereocenters. The number of sulfonamides is 1. The normalized spacial score (nSPS) is 13.1. The lowest BCUT2D eigenvalue weighted by molar-refractivity contribution is 0.136. The van der Waals surface area contributed by atoms with Crippen LogP contribution in [0.25, 0.3) is 0 Å². The Bertz CT molecular complexity index is 570. The average molecular weight is 288 g/mol. The predicted molar refractivity (Wildman–Crippen MR) is 72.4 cm³/mol. The number of nitrogens with zero attached hydrogens (tertiary/aromatic N) is 1. The first kappa shape index (κ1) is 15.0. The van der Waals surface area contributed by atoms with Gasteiger partial charge in [0.05, 0.1) is 17.4 Å². The molecule has 0 bridgehead atoms. The molecule has 1 atom stereocenters. The highest BCUT2D eigenvalue weighted by atomic mass is 32.2. The van der Waals surface area contributed by atoms with Crippen LogP contribution >= 0.6 is 11.3 Å². The summed E-state index contributed by atoms with van der Waals surface area (Å²) < 4.78 is 31.1. The van der Waals surface area contributed by atoms with Gasteiger partial charge in [0.25, 0.3) is 0 Å². The number of hydrogen-bond acceptors (Lipinski definition) is 5. The number of aryl methyl sites for hydroxylation is 1. The molecule has 0 aromatic carbocycles. The number of nitrogens with one attached hydrogen (secondary N) is 1. The van der Waals surface area contributed by atoms with Crippen LogP contribution in [0.4, 0.5) is 5.00 Å². The molecule has 0 saturated heterocycles. The fourth-order valence-electron chi connectivity index (χ4n) is 1.39. The van der Waals surface area contributed by atoms with Crippen molar-refractivity contribution in [3.63, 3.8) is 0 Å². The van der Waals surface area contributed by atoms with E-state index in [0.29, 0.717) is 10.6 Å². The number of thiophene rings is 1. The minimum absolute atomic E-state index is 0.135. The number of anilines is 1. The quantitative estimate of drug-likeness (QED) is 0.899. The third-order valence-corrected chi connectivity index (χ3v) is 5.28. The largest absolute Gasteiger partial charge is 0.381 e. The molecule has 0 amide bonds. The molecule has 100 valence electrons. The molecule has 0 saturated carbocycles. The molecule has 0 spiro atoms. The van der Waals surface area contributed by atoms with Crippen molar-refractivity contribution >= 4 is 26.4 Å². The zero-order valence-electron chi connectivity index (χ0n) is 10.8. The maximum Gasteiger partial charge on any atom is 0.235 e. The third kappa shape index (κ3) is 3.45. The molecule has 1 rings (SSSR count). The fourth-order valence-corrected chi connectivity index (χ4v) is 4.03. The zero-order chi connectivity index (χ0) is 13.9. The molecule has 1 N–H and O–H groups in total. The van der Waals surface area contributed by atoms with E-state index in [9.17, 15) is 8.42 Å². The number of hydrogen-bond donors (Lipinski definition) is 1. The van der Waals surface area contributed by atoms with Crippen LogP contribution in [-0.4, -0.2) is 27.4 Å². The summed E-state index contributed by atoms with van der Waals surface area (Å²) in [5, 5.41) is 9.42. The van der Waals surface area contributed by atoms with Crippen LogP contribution in [0.2, 0.25) is 0 Å². The second-order valence-electron chi connectivity index (χ2n) is 4.03. The van der Waals surface area contributed by atoms with Crippen LogP contribution in [-0.2, 0) is 14.8 Å². The van der Waals surface area contributed by atoms with E-state index in [4.69, 9.17) is 10.00 Å². The minimum Gasteiger partial charge on any atom is -0.381 e. The van der Waals surface area contributed by atoms with E-state index in [2.05, 4.69) is 4.72 Å². The predicted octanol–water partition coefficient (Wildman–Crippen LogP) is 2.01. The Morgan fingerprint density at radius 2 is 2.11 bits per heavy atom. The molecule has 1 heterocycles. The number of methoxy groups -OCH3 is 1. The molecule has 0 aliphatic rings. The van der Waals surface area contributed by atoms with E-state index in [1.54, 1.807) is 13.8 Å². The Labute approximate surface area is 111 Å². The van der Waals surface area contributed by atoms with Crippen molar-refractivity contribution in [1.29, 1.82) is 5.26 Å². The fraction of sp³-hybridized carbons (Fsp3) is 0.545. The van der Waals surface area contributed by atoms with Gasteiger partial charge in [0, 0.05) is 12.0 Å². The second-order valence-corrected chi connectivity index (χ2v) is 7.02. The first-order valence-corrected chi connectivity index (χ1v) is 7.81. The summed E-state index contributed by atoms with van der Waals surface area (Å²) in [6, 6.07) is 2.03. The van der Waals surface area contributed by atoms with E-state index in [1.807, 2.05) is 13.0 Å². The van der Waals surface area contributed by atoms with Crippen molar-refractivity contribution in [2.75, 3.05) is 17.6 Å². The lowest BCUT2D eigenvalue weighted by Crippen LogP contribution is -2.25. The van der Waals surface area contributed by atoms with Crippen molar-refractivity contribution in [2.45, 2.75) is 26.9 Å². The lowest BCUT2D eigenvalue weighted by Gasteiger charge is -2.11. The second kappa shape index (κ2) is 5.69. The van der Waals surface area contributed by atoms with Crippen LogP contribution in [0, 0.1) is 25.2 Å². The van der Waals surface area contributed by atoms with Crippen molar-refractivity contribution in [1.82, 2.24) is 0 Å². The Morgan fingerprint density at radius 1 is 1.50 bits per heavy atom. The highest BCUT2D eigenvalue weighted by Crippen LogP contribution is 2.32. The summed E-state index contributed by atoms with van der Waals surface area (Å²) in [6.07, 6.45) is -0.393. The first-order valence-electron chi connectivity index (χ1n) is 5.34. The van der Waals surface area contributed by atoms with Crippen LogP contribution in [0.15, 0.2) is 0 Å². The molecule has 18 heavy (non-hydrogen) atoms. The SMILES string of the molecule is COC(C)CS(=O)(=O)Nc1sc(C)c(C)c1C#N. The molecule has 5 nitrogen and oxygen atoms in total. The molecule has 7 heteroatoms. The van der Waals surface area contributed by atoms with Crippen LogP contribution < -0.4 is 4.72 Å². The van der Waals surface area contributed by atoms with Crippen LogP contribution in [0.5, 0.6) is 0 Å². The highest BCUT2D eigenvalue weighted by molar-refractivity contribution is 7.92. The van der Waals surface area contributed by atoms with E-state index in [0.717, 1.165) is 10.4 Å². The van der Waals surface area contributed by atoms with E-state index < -0.39 is 16.1 Å². The van der Waals surface area contributed by atoms with E-state index >= 15 is 0 Å². The van der Waals surface area contributed by atoms with Gasteiger partial charge < -0.3 is 4.74 Å². The third-order valence-electron chi connectivity index (χ3n) is 2.60. The van der Waals surface area contributed by atoms with E-state index in [1.165, 1.54) is 18.4 Å². The van der Waals surface area contributed by atoms with Crippen LogP contribution in [0.3, 0.4) is 0 Å². The Balaban J connectivity index is 2.99. The molecule has 1 aromatic heterocycles. The van der Waals surface area contributed by atoms with Gasteiger partial charge >= 0.3 is 0 Å². The molecule has 0 aliphatic carbocycles. The topological polar surface area (TPSA) is 79.2 Å². The van der Waals surface area contributed by atoms with Gasteiger partial charge in [0.2, 0.25) is 10.0 Å². The van der Waals surface area contributed by atoms with Gasteiger partial charge in [0.15, 0.2) is 0 Å². The maximum absolute atomic E-state index is 11.9. The lowest BCUT2D eigenvalue weighted by atomic mass is 10.2. The van der Waals surface area contributed by atoms with Gasteiger partial charge in [-0.2, -0.15) is 5.26 Å². The molecule has 0 fully saturated rings. The number of ether oxygens (including phenoxy) is 1. The summed E-state index contributed by atoms with van der Waals surface area (Å²) in [5.74, 6) is -0.135. The standard InChI is InChI=1S/C11H16N2O3S2/c1-7(16-4)6-18(14,15)13-11-10(5-12)8(2)9(3)17-11/h7,13H,6H2,1-4H3. The maximum atomic E-state index is 11.9. The van der Waals surface area contributed by atoms with Gasteiger partial charge in [-0.1, -0.05) is 0 Å². The number of rotatable bonds is 5.